The fourth-order valence-corrected chi connectivity index (χ4v) is 2.87. The van der Waals surface area contributed by atoms with Gasteiger partial charge in [0.2, 0.25) is 0 Å². The standard InChI is InChI=1S/C22H26FNO4/c1-13(2)16-7-6-8-17(14(3)4)21(16)24-20(25)12-28-22(26)18-10-9-15(27-5)11-19(18)23/h6-11,13-14H,12H2,1-5H3,(H,24,25). The van der Waals surface area contributed by atoms with Gasteiger partial charge in [-0.15, -0.1) is 0 Å². The Kier molecular flexibility index (Phi) is 7.15. The Bertz CT molecular complexity index is 835. The first-order valence-electron chi connectivity index (χ1n) is 9.17. The van der Waals surface area contributed by atoms with Crippen molar-refractivity contribution in [2.45, 2.75) is 39.5 Å². The molecule has 0 aliphatic heterocycles. The number of hydrogen-bond acceptors (Lipinski definition) is 4. The molecule has 0 radical (unpaired) electrons. The van der Waals surface area contributed by atoms with Gasteiger partial charge in [-0.1, -0.05) is 45.9 Å². The van der Waals surface area contributed by atoms with E-state index in [9.17, 15) is 14.0 Å². The normalized spacial score (nSPS) is 10.9. The summed E-state index contributed by atoms with van der Waals surface area (Å²) in [5.74, 6) is -1.43. The quantitative estimate of drug-likeness (QED) is 0.688. The highest BCUT2D eigenvalue weighted by Crippen LogP contribution is 2.32. The first-order valence-corrected chi connectivity index (χ1v) is 9.17. The maximum absolute atomic E-state index is 14.0. The van der Waals surface area contributed by atoms with Gasteiger partial charge in [0, 0.05) is 11.8 Å². The first kappa shape index (κ1) is 21.4. The molecule has 0 heterocycles. The Labute approximate surface area is 164 Å². The van der Waals surface area contributed by atoms with E-state index in [-0.39, 0.29) is 17.4 Å². The summed E-state index contributed by atoms with van der Waals surface area (Å²) in [5, 5.41) is 2.85. The number of anilines is 1. The number of rotatable bonds is 7. The van der Waals surface area contributed by atoms with Crippen molar-refractivity contribution < 1.29 is 23.5 Å². The van der Waals surface area contributed by atoms with Gasteiger partial charge in [-0.05, 0) is 35.1 Å². The van der Waals surface area contributed by atoms with E-state index in [0.717, 1.165) is 22.9 Å². The van der Waals surface area contributed by atoms with Crippen molar-refractivity contribution in [1.29, 1.82) is 0 Å². The van der Waals surface area contributed by atoms with Crippen LogP contribution in [0.1, 0.15) is 61.0 Å². The maximum atomic E-state index is 14.0. The van der Waals surface area contributed by atoms with Crippen LogP contribution in [-0.2, 0) is 9.53 Å². The number of amides is 1. The second kappa shape index (κ2) is 9.35. The molecule has 0 fully saturated rings. The van der Waals surface area contributed by atoms with Crippen LogP contribution < -0.4 is 10.1 Å². The fraction of sp³-hybridized carbons (Fsp3) is 0.364. The number of ether oxygens (including phenoxy) is 2. The number of para-hydroxylation sites is 1. The number of carbonyl (C=O) groups excluding carboxylic acids is 2. The van der Waals surface area contributed by atoms with E-state index in [0.29, 0.717) is 5.75 Å². The number of hydrogen-bond donors (Lipinski definition) is 1. The molecule has 2 rings (SSSR count). The summed E-state index contributed by atoms with van der Waals surface area (Å²) in [6, 6.07) is 9.69. The minimum atomic E-state index is -0.906. The lowest BCUT2D eigenvalue weighted by Crippen LogP contribution is -2.23. The van der Waals surface area contributed by atoms with E-state index in [1.165, 1.54) is 19.2 Å². The molecular weight excluding hydrogens is 361 g/mol. The Hall–Kier alpha value is -2.89. The van der Waals surface area contributed by atoms with Gasteiger partial charge in [0.25, 0.3) is 5.91 Å². The number of benzene rings is 2. The fourth-order valence-electron chi connectivity index (χ4n) is 2.87. The van der Waals surface area contributed by atoms with E-state index in [4.69, 9.17) is 9.47 Å². The van der Waals surface area contributed by atoms with Crippen LogP contribution in [0.25, 0.3) is 0 Å². The third-order valence-corrected chi connectivity index (χ3v) is 4.37. The lowest BCUT2D eigenvalue weighted by Gasteiger charge is -2.20. The Morgan fingerprint density at radius 2 is 1.64 bits per heavy atom. The van der Waals surface area contributed by atoms with E-state index in [2.05, 4.69) is 5.32 Å². The molecule has 0 spiro atoms. The minimum absolute atomic E-state index is 0.213. The lowest BCUT2D eigenvalue weighted by molar-refractivity contribution is -0.119. The van der Waals surface area contributed by atoms with Crippen molar-refractivity contribution >= 4 is 17.6 Å². The topological polar surface area (TPSA) is 64.6 Å². The van der Waals surface area contributed by atoms with Crippen LogP contribution in [0.5, 0.6) is 5.75 Å². The van der Waals surface area contributed by atoms with Gasteiger partial charge < -0.3 is 14.8 Å². The molecule has 2 aromatic rings. The molecule has 0 aliphatic carbocycles. The summed E-state index contributed by atoms with van der Waals surface area (Å²) in [4.78, 5) is 24.5. The SMILES string of the molecule is COc1ccc(C(=O)OCC(=O)Nc2c(C(C)C)cccc2C(C)C)c(F)c1. The summed E-state index contributed by atoms with van der Waals surface area (Å²) >= 11 is 0. The van der Waals surface area contributed by atoms with Crippen LogP contribution in [0.4, 0.5) is 10.1 Å². The van der Waals surface area contributed by atoms with Gasteiger partial charge in [-0.25, -0.2) is 9.18 Å². The van der Waals surface area contributed by atoms with Gasteiger partial charge in [-0.3, -0.25) is 4.79 Å². The molecule has 5 nitrogen and oxygen atoms in total. The Balaban J connectivity index is 2.10. The zero-order chi connectivity index (χ0) is 20.8. The van der Waals surface area contributed by atoms with Crippen LogP contribution in [0.2, 0.25) is 0 Å². The summed E-state index contributed by atoms with van der Waals surface area (Å²) in [6.07, 6.45) is 0. The molecule has 0 aromatic heterocycles. The third-order valence-electron chi connectivity index (χ3n) is 4.37. The number of esters is 1. The molecule has 1 N–H and O–H groups in total. The van der Waals surface area contributed by atoms with Crippen molar-refractivity contribution in [1.82, 2.24) is 0 Å². The molecule has 0 bridgehead atoms. The molecule has 28 heavy (non-hydrogen) atoms. The number of nitrogens with one attached hydrogen (secondary N) is 1. The van der Waals surface area contributed by atoms with Crippen molar-refractivity contribution in [3.63, 3.8) is 0 Å². The van der Waals surface area contributed by atoms with Crippen LogP contribution in [-0.4, -0.2) is 25.6 Å². The number of methoxy groups -OCH3 is 1. The zero-order valence-corrected chi connectivity index (χ0v) is 16.8. The van der Waals surface area contributed by atoms with Crippen molar-refractivity contribution in [2.24, 2.45) is 0 Å². The smallest absolute Gasteiger partial charge is 0.341 e. The molecule has 6 heteroatoms. The highest BCUT2D eigenvalue weighted by molar-refractivity contribution is 5.96. The Morgan fingerprint density at radius 3 is 2.14 bits per heavy atom. The van der Waals surface area contributed by atoms with E-state index in [1.54, 1.807) is 0 Å². The second-order valence-corrected chi connectivity index (χ2v) is 7.09. The maximum Gasteiger partial charge on any atom is 0.341 e. The Morgan fingerprint density at radius 1 is 1.04 bits per heavy atom. The van der Waals surface area contributed by atoms with E-state index >= 15 is 0 Å². The summed E-state index contributed by atoms with van der Waals surface area (Å²) < 4.78 is 23.8. The number of carbonyl (C=O) groups is 2. The molecule has 2 aromatic carbocycles. The monoisotopic (exact) mass is 387 g/mol. The molecular formula is C22H26FNO4. The van der Waals surface area contributed by atoms with Crippen LogP contribution in [0, 0.1) is 5.82 Å². The van der Waals surface area contributed by atoms with Crippen LogP contribution in [0.15, 0.2) is 36.4 Å². The first-order chi connectivity index (χ1) is 13.2. The molecule has 0 unspecified atom stereocenters. The zero-order valence-electron chi connectivity index (χ0n) is 16.8. The van der Waals surface area contributed by atoms with Gasteiger partial charge in [-0.2, -0.15) is 0 Å². The van der Waals surface area contributed by atoms with E-state index in [1.807, 2.05) is 45.9 Å². The highest BCUT2D eigenvalue weighted by Gasteiger charge is 2.18. The van der Waals surface area contributed by atoms with Crippen LogP contribution in [0.3, 0.4) is 0 Å². The lowest BCUT2D eigenvalue weighted by atomic mass is 9.92. The predicted molar refractivity (Wildman–Crippen MR) is 106 cm³/mol. The molecule has 150 valence electrons. The molecule has 1 amide bonds. The molecule has 0 saturated carbocycles. The largest absolute Gasteiger partial charge is 0.497 e. The number of halogens is 1. The average Bonchev–Trinajstić information content (AvgIpc) is 2.65. The molecule has 0 atom stereocenters. The minimum Gasteiger partial charge on any atom is -0.497 e. The second-order valence-electron chi connectivity index (χ2n) is 7.09. The van der Waals surface area contributed by atoms with Gasteiger partial charge in [0.05, 0.1) is 12.7 Å². The molecule has 0 aliphatic rings. The van der Waals surface area contributed by atoms with E-state index < -0.39 is 24.3 Å². The van der Waals surface area contributed by atoms with Gasteiger partial charge in [0.1, 0.15) is 11.6 Å². The average molecular weight is 387 g/mol. The molecule has 0 saturated heterocycles. The van der Waals surface area contributed by atoms with Crippen molar-refractivity contribution in [3.05, 3.63) is 58.9 Å². The van der Waals surface area contributed by atoms with Crippen molar-refractivity contribution in [2.75, 3.05) is 19.0 Å². The van der Waals surface area contributed by atoms with Gasteiger partial charge >= 0.3 is 5.97 Å². The van der Waals surface area contributed by atoms with Gasteiger partial charge in [0.15, 0.2) is 6.61 Å². The summed E-state index contributed by atoms with van der Waals surface area (Å²) in [6.45, 7) is 7.67. The summed E-state index contributed by atoms with van der Waals surface area (Å²) in [7, 11) is 1.40. The predicted octanol–water partition coefficient (Wildman–Crippen LogP) is 4.88. The van der Waals surface area contributed by atoms with Crippen LogP contribution >= 0.6 is 0 Å². The van der Waals surface area contributed by atoms with Crippen molar-refractivity contribution in [3.8, 4) is 5.75 Å². The highest BCUT2D eigenvalue weighted by atomic mass is 19.1. The third kappa shape index (κ3) is 5.09. The summed E-state index contributed by atoms with van der Waals surface area (Å²) in [5.41, 5.74) is 2.50.